The molecule has 1 aromatic carbocycles. The SMILES string of the molecule is O=C(Cc1cccc(F)c1)Nc1ccc(NC2CCCC2)nn1. The van der Waals surface area contributed by atoms with Crippen molar-refractivity contribution in [3.8, 4) is 0 Å². The van der Waals surface area contributed by atoms with Crippen LogP contribution in [-0.4, -0.2) is 22.1 Å². The maximum atomic E-state index is 13.1. The zero-order valence-corrected chi connectivity index (χ0v) is 12.8. The molecule has 1 aliphatic carbocycles. The Balaban J connectivity index is 1.54. The number of benzene rings is 1. The fourth-order valence-electron chi connectivity index (χ4n) is 2.77. The minimum Gasteiger partial charge on any atom is -0.366 e. The summed E-state index contributed by atoms with van der Waals surface area (Å²) in [7, 11) is 0. The number of aromatic nitrogens is 2. The molecule has 1 aromatic heterocycles. The molecule has 0 radical (unpaired) electrons. The van der Waals surface area contributed by atoms with Crippen LogP contribution >= 0.6 is 0 Å². The first-order valence-electron chi connectivity index (χ1n) is 7.83. The van der Waals surface area contributed by atoms with Crippen LogP contribution in [0.1, 0.15) is 31.2 Å². The molecule has 1 heterocycles. The molecule has 2 aromatic rings. The van der Waals surface area contributed by atoms with Crippen molar-refractivity contribution in [2.24, 2.45) is 0 Å². The van der Waals surface area contributed by atoms with Gasteiger partial charge >= 0.3 is 0 Å². The van der Waals surface area contributed by atoms with Gasteiger partial charge in [0, 0.05) is 6.04 Å². The Hall–Kier alpha value is -2.50. The lowest BCUT2D eigenvalue weighted by Gasteiger charge is -2.12. The molecular weight excluding hydrogens is 295 g/mol. The largest absolute Gasteiger partial charge is 0.366 e. The van der Waals surface area contributed by atoms with Gasteiger partial charge in [-0.25, -0.2) is 4.39 Å². The first-order valence-corrected chi connectivity index (χ1v) is 7.83. The highest BCUT2D eigenvalue weighted by molar-refractivity contribution is 5.91. The van der Waals surface area contributed by atoms with Crippen molar-refractivity contribution in [1.29, 1.82) is 0 Å². The molecule has 1 saturated carbocycles. The maximum absolute atomic E-state index is 13.1. The first kappa shape index (κ1) is 15.4. The van der Waals surface area contributed by atoms with Crippen LogP contribution in [0.3, 0.4) is 0 Å². The van der Waals surface area contributed by atoms with Crippen LogP contribution in [0.4, 0.5) is 16.0 Å². The molecule has 0 bridgehead atoms. The van der Waals surface area contributed by atoms with E-state index in [1.165, 1.54) is 25.0 Å². The van der Waals surface area contributed by atoms with Crippen molar-refractivity contribution in [1.82, 2.24) is 10.2 Å². The fraction of sp³-hybridized carbons (Fsp3) is 0.353. The van der Waals surface area contributed by atoms with Gasteiger partial charge in [0.25, 0.3) is 0 Å². The van der Waals surface area contributed by atoms with Gasteiger partial charge in [0.05, 0.1) is 6.42 Å². The molecule has 1 amide bonds. The monoisotopic (exact) mass is 314 g/mol. The molecule has 2 N–H and O–H groups in total. The van der Waals surface area contributed by atoms with Crippen LogP contribution in [0, 0.1) is 5.82 Å². The van der Waals surface area contributed by atoms with Crippen LogP contribution in [0.25, 0.3) is 0 Å². The standard InChI is InChI=1S/C17H19FN4O/c18-13-5-3-4-12(10-13)11-17(23)20-16-9-8-15(21-22-16)19-14-6-1-2-7-14/h3-5,8-10,14H,1-2,6-7,11H2,(H,19,21)(H,20,22,23). The molecule has 0 unspecified atom stereocenters. The molecule has 0 spiro atoms. The number of hydrogen-bond donors (Lipinski definition) is 2. The highest BCUT2D eigenvalue weighted by Gasteiger charge is 2.15. The summed E-state index contributed by atoms with van der Waals surface area (Å²) in [6, 6.07) is 9.99. The Labute approximate surface area is 134 Å². The summed E-state index contributed by atoms with van der Waals surface area (Å²) in [5, 5.41) is 14.1. The second-order valence-corrected chi connectivity index (χ2v) is 5.78. The number of nitrogens with one attached hydrogen (secondary N) is 2. The van der Waals surface area contributed by atoms with E-state index in [0.717, 1.165) is 18.7 Å². The van der Waals surface area contributed by atoms with Crippen LogP contribution < -0.4 is 10.6 Å². The van der Waals surface area contributed by atoms with Crippen molar-refractivity contribution in [3.05, 3.63) is 47.8 Å². The average molecular weight is 314 g/mol. The quantitative estimate of drug-likeness (QED) is 0.889. The molecule has 5 nitrogen and oxygen atoms in total. The van der Waals surface area contributed by atoms with Crippen molar-refractivity contribution < 1.29 is 9.18 Å². The van der Waals surface area contributed by atoms with Crippen LogP contribution in [-0.2, 0) is 11.2 Å². The Morgan fingerprint density at radius 2 is 1.87 bits per heavy atom. The number of rotatable bonds is 5. The van der Waals surface area contributed by atoms with Gasteiger partial charge in [-0.15, -0.1) is 10.2 Å². The van der Waals surface area contributed by atoms with E-state index < -0.39 is 0 Å². The van der Waals surface area contributed by atoms with Crippen LogP contribution in [0.5, 0.6) is 0 Å². The minimum atomic E-state index is -0.350. The van der Waals surface area contributed by atoms with E-state index in [-0.39, 0.29) is 18.1 Å². The molecule has 0 saturated heterocycles. The zero-order chi connectivity index (χ0) is 16.1. The van der Waals surface area contributed by atoms with Gasteiger partial charge < -0.3 is 10.6 Å². The highest BCUT2D eigenvalue weighted by atomic mass is 19.1. The number of halogens is 1. The van der Waals surface area contributed by atoms with Crippen molar-refractivity contribution in [2.45, 2.75) is 38.1 Å². The smallest absolute Gasteiger partial charge is 0.229 e. The summed E-state index contributed by atoms with van der Waals surface area (Å²) in [6.07, 6.45) is 4.92. The number of nitrogens with zero attached hydrogens (tertiary/aromatic N) is 2. The normalized spacial score (nSPS) is 14.7. The number of hydrogen-bond acceptors (Lipinski definition) is 4. The van der Waals surface area contributed by atoms with Crippen molar-refractivity contribution in [3.63, 3.8) is 0 Å². The Kier molecular flexibility index (Phi) is 4.80. The molecule has 23 heavy (non-hydrogen) atoms. The summed E-state index contributed by atoms with van der Waals surface area (Å²) < 4.78 is 13.1. The third kappa shape index (κ3) is 4.48. The average Bonchev–Trinajstić information content (AvgIpc) is 3.02. The van der Waals surface area contributed by atoms with E-state index in [0.29, 0.717) is 17.4 Å². The summed E-state index contributed by atoms with van der Waals surface area (Å²) in [5.74, 6) is 0.516. The topological polar surface area (TPSA) is 66.9 Å². The Bertz CT molecular complexity index is 669. The van der Waals surface area contributed by atoms with Crippen LogP contribution in [0.2, 0.25) is 0 Å². The minimum absolute atomic E-state index is 0.0987. The predicted molar refractivity (Wildman–Crippen MR) is 86.6 cm³/mol. The Morgan fingerprint density at radius 1 is 1.13 bits per heavy atom. The number of anilines is 2. The maximum Gasteiger partial charge on any atom is 0.229 e. The van der Waals surface area contributed by atoms with Crippen molar-refractivity contribution in [2.75, 3.05) is 10.6 Å². The molecule has 1 aliphatic rings. The Morgan fingerprint density at radius 3 is 2.57 bits per heavy atom. The van der Waals surface area contributed by atoms with E-state index in [4.69, 9.17) is 0 Å². The number of carbonyl (C=O) groups excluding carboxylic acids is 1. The summed E-state index contributed by atoms with van der Waals surface area (Å²) >= 11 is 0. The summed E-state index contributed by atoms with van der Waals surface area (Å²) in [6.45, 7) is 0. The van der Waals surface area contributed by atoms with Gasteiger partial charge in [-0.05, 0) is 42.7 Å². The molecular formula is C17H19FN4O. The molecule has 0 aliphatic heterocycles. The van der Waals surface area contributed by atoms with Gasteiger partial charge in [0.2, 0.25) is 5.91 Å². The van der Waals surface area contributed by atoms with Gasteiger partial charge in [0.15, 0.2) is 5.82 Å². The summed E-state index contributed by atoms with van der Waals surface area (Å²) in [4.78, 5) is 11.9. The lowest BCUT2D eigenvalue weighted by molar-refractivity contribution is -0.115. The first-order chi connectivity index (χ1) is 11.2. The third-order valence-electron chi connectivity index (χ3n) is 3.89. The molecule has 120 valence electrons. The second-order valence-electron chi connectivity index (χ2n) is 5.78. The van der Waals surface area contributed by atoms with E-state index in [1.807, 2.05) is 6.07 Å². The number of carbonyl (C=O) groups is 1. The van der Waals surface area contributed by atoms with Crippen molar-refractivity contribution >= 4 is 17.5 Å². The van der Waals surface area contributed by atoms with E-state index in [9.17, 15) is 9.18 Å². The molecule has 6 heteroatoms. The van der Waals surface area contributed by atoms with Gasteiger partial charge in [-0.3, -0.25) is 4.79 Å². The zero-order valence-electron chi connectivity index (χ0n) is 12.8. The van der Waals surface area contributed by atoms with E-state index in [1.54, 1.807) is 18.2 Å². The van der Waals surface area contributed by atoms with Crippen LogP contribution in [0.15, 0.2) is 36.4 Å². The highest BCUT2D eigenvalue weighted by Crippen LogP contribution is 2.21. The van der Waals surface area contributed by atoms with E-state index in [2.05, 4.69) is 20.8 Å². The van der Waals surface area contributed by atoms with Gasteiger partial charge in [0.1, 0.15) is 11.6 Å². The molecule has 0 atom stereocenters. The summed E-state index contributed by atoms with van der Waals surface area (Å²) in [5.41, 5.74) is 0.620. The van der Waals surface area contributed by atoms with Gasteiger partial charge in [-0.1, -0.05) is 25.0 Å². The lowest BCUT2D eigenvalue weighted by Crippen LogP contribution is -2.18. The van der Waals surface area contributed by atoms with Gasteiger partial charge in [-0.2, -0.15) is 0 Å². The second kappa shape index (κ2) is 7.17. The molecule has 1 fully saturated rings. The number of amides is 1. The third-order valence-corrected chi connectivity index (χ3v) is 3.89. The fourth-order valence-corrected chi connectivity index (χ4v) is 2.77. The van der Waals surface area contributed by atoms with E-state index >= 15 is 0 Å². The molecule has 3 rings (SSSR count). The predicted octanol–water partition coefficient (Wildman–Crippen LogP) is 3.15. The lowest BCUT2D eigenvalue weighted by atomic mass is 10.1.